The molecule has 1 unspecified atom stereocenters. The lowest BCUT2D eigenvalue weighted by molar-refractivity contribution is 0.611. The van der Waals surface area contributed by atoms with Crippen LogP contribution in [0, 0.1) is 0 Å². The maximum atomic E-state index is 4.35. The molecule has 0 spiro atoms. The lowest BCUT2D eigenvalue weighted by Gasteiger charge is -2.04. The molecule has 0 bridgehead atoms. The fourth-order valence-electron chi connectivity index (χ4n) is 1.61. The summed E-state index contributed by atoms with van der Waals surface area (Å²) in [5.74, 6) is 1.97. The minimum Gasteiger partial charge on any atom is -0.344 e. The molecule has 13 heavy (non-hydrogen) atoms. The van der Waals surface area contributed by atoms with Gasteiger partial charge in [-0.05, 0) is 19.4 Å². The number of nitrogens with one attached hydrogen (secondary N) is 2. The third kappa shape index (κ3) is 2.21. The van der Waals surface area contributed by atoms with Crippen LogP contribution in [0.3, 0.4) is 0 Å². The molecule has 2 rings (SSSR count). The Hall–Kier alpha value is -0.130. The first-order valence-electron chi connectivity index (χ1n) is 4.43. The summed E-state index contributed by atoms with van der Waals surface area (Å²) in [5.41, 5.74) is 1.16. The zero-order valence-electron chi connectivity index (χ0n) is 7.29. The maximum Gasteiger partial charge on any atom is 0.123 e. The van der Waals surface area contributed by atoms with Crippen molar-refractivity contribution in [2.45, 2.75) is 24.6 Å². The summed E-state index contributed by atoms with van der Waals surface area (Å²) < 4.78 is 0. The molecule has 0 amide bonds. The summed E-state index contributed by atoms with van der Waals surface area (Å²) in [4.78, 5) is 7.66. The molecule has 1 fully saturated rings. The Morgan fingerprint density at radius 3 is 3.31 bits per heavy atom. The molecule has 2 N–H and O–H groups in total. The van der Waals surface area contributed by atoms with Gasteiger partial charge in [0.2, 0.25) is 0 Å². The van der Waals surface area contributed by atoms with E-state index in [0.29, 0.717) is 6.04 Å². The second-order valence-corrected chi connectivity index (χ2v) is 4.54. The summed E-state index contributed by atoms with van der Waals surface area (Å²) in [5, 5.41) is 3.41. The number of aromatic amines is 1. The van der Waals surface area contributed by atoms with Gasteiger partial charge < -0.3 is 10.3 Å². The normalized spacial score (nSPS) is 22.4. The van der Waals surface area contributed by atoms with Gasteiger partial charge in [0.05, 0.1) is 6.04 Å². The largest absolute Gasteiger partial charge is 0.344 e. The van der Waals surface area contributed by atoms with Gasteiger partial charge >= 0.3 is 0 Å². The lowest BCUT2D eigenvalue weighted by Crippen LogP contribution is -2.14. The van der Waals surface area contributed by atoms with Crippen LogP contribution >= 0.6 is 22.5 Å². The smallest absolute Gasteiger partial charge is 0.123 e. The molecule has 0 saturated carbocycles. The van der Waals surface area contributed by atoms with E-state index in [9.17, 15) is 0 Å². The number of aromatic nitrogens is 2. The summed E-state index contributed by atoms with van der Waals surface area (Å²) in [7, 11) is 1.51. The van der Waals surface area contributed by atoms with Gasteiger partial charge in [0.1, 0.15) is 5.82 Å². The summed E-state index contributed by atoms with van der Waals surface area (Å²) in [6, 6.07) is 0.443. The van der Waals surface area contributed by atoms with Gasteiger partial charge in [-0.3, -0.25) is 0 Å². The summed E-state index contributed by atoms with van der Waals surface area (Å²) >= 11 is 4.10. The van der Waals surface area contributed by atoms with E-state index in [1.165, 1.54) is 23.6 Å². The highest BCUT2D eigenvalue weighted by molar-refractivity contribution is 8.68. The van der Waals surface area contributed by atoms with Gasteiger partial charge in [0.25, 0.3) is 0 Å². The Balaban J connectivity index is 2.03. The summed E-state index contributed by atoms with van der Waals surface area (Å²) in [6.45, 7) is 1.11. The predicted molar refractivity (Wildman–Crippen MR) is 58.8 cm³/mol. The van der Waals surface area contributed by atoms with E-state index >= 15 is 0 Å². The van der Waals surface area contributed by atoms with Crippen molar-refractivity contribution in [1.82, 2.24) is 15.3 Å². The number of rotatable bonds is 3. The van der Waals surface area contributed by atoms with Crippen LogP contribution in [0.25, 0.3) is 0 Å². The van der Waals surface area contributed by atoms with Crippen LogP contribution in [-0.2, 0) is 5.75 Å². The first-order valence-corrected chi connectivity index (χ1v) is 6.47. The van der Waals surface area contributed by atoms with E-state index in [2.05, 4.69) is 26.9 Å². The molecular formula is C8H13N3S2. The van der Waals surface area contributed by atoms with Crippen LogP contribution in [0.4, 0.5) is 0 Å². The summed E-state index contributed by atoms with van der Waals surface area (Å²) in [6.07, 6.45) is 4.35. The topological polar surface area (TPSA) is 40.7 Å². The molecule has 2 heterocycles. The van der Waals surface area contributed by atoms with Crippen LogP contribution in [0.2, 0.25) is 0 Å². The highest BCUT2D eigenvalue weighted by Gasteiger charge is 2.18. The zero-order chi connectivity index (χ0) is 9.10. The average molecular weight is 215 g/mol. The molecule has 1 aliphatic heterocycles. The fraction of sp³-hybridized carbons (Fsp3) is 0.625. The van der Waals surface area contributed by atoms with Crippen molar-refractivity contribution in [3.63, 3.8) is 0 Å². The van der Waals surface area contributed by atoms with Crippen LogP contribution in [0.1, 0.15) is 30.4 Å². The molecule has 5 heteroatoms. The van der Waals surface area contributed by atoms with Gasteiger partial charge in [0.15, 0.2) is 0 Å². The number of hydrogen-bond acceptors (Lipinski definition) is 4. The van der Waals surface area contributed by atoms with E-state index in [1.54, 1.807) is 0 Å². The van der Waals surface area contributed by atoms with Crippen molar-refractivity contribution in [2.75, 3.05) is 6.54 Å². The van der Waals surface area contributed by atoms with Crippen molar-refractivity contribution < 1.29 is 0 Å². The molecule has 1 aliphatic rings. The number of H-pyrrole nitrogens is 1. The Morgan fingerprint density at radius 2 is 2.62 bits per heavy atom. The Kier molecular flexibility index (Phi) is 3.18. The molecule has 0 aliphatic carbocycles. The molecule has 3 nitrogen and oxygen atoms in total. The third-order valence-corrected chi connectivity index (χ3v) is 3.09. The van der Waals surface area contributed by atoms with Gasteiger partial charge in [-0.15, -0.1) is 11.7 Å². The molecule has 1 saturated heterocycles. The minimum absolute atomic E-state index is 0.443. The number of hydrogen-bond donors (Lipinski definition) is 3. The number of thiol groups is 1. The lowest BCUT2D eigenvalue weighted by atomic mass is 10.2. The second kappa shape index (κ2) is 4.39. The van der Waals surface area contributed by atoms with Crippen molar-refractivity contribution in [3.05, 3.63) is 17.7 Å². The molecule has 1 atom stereocenters. The van der Waals surface area contributed by atoms with Gasteiger partial charge in [0, 0.05) is 17.6 Å². The molecule has 1 aromatic heterocycles. The predicted octanol–water partition coefficient (Wildman–Crippen LogP) is 1.91. The second-order valence-electron chi connectivity index (χ2n) is 3.22. The first-order chi connectivity index (χ1) is 6.40. The van der Waals surface area contributed by atoms with E-state index in [4.69, 9.17) is 0 Å². The minimum atomic E-state index is 0.443. The van der Waals surface area contributed by atoms with Crippen molar-refractivity contribution >= 4 is 22.5 Å². The van der Waals surface area contributed by atoms with Crippen LogP contribution < -0.4 is 5.32 Å². The van der Waals surface area contributed by atoms with E-state index in [1.807, 2.05) is 6.20 Å². The Labute approximate surface area is 86.9 Å². The van der Waals surface area contributed by atoms with Crippen molar-refractivity contribution in [2.24, 2.45) is 0 Å². The first kappa shape index (κ1) is 9.43. The molecule has 0 aromatic carbocycles. The van der Waals surface area contributed by atoms with Crippen LogP contribution in [0.5, 0.6) is 0 Å². The van der Waals surface area contributed by atoms with Crippen molar-refractivity contribution in [3.8, 4) is 0 Å². The zero-order valence-corrected chi connectivity index (χ0v) is 9.00. The third-order valence-electron chi connectivity index (χ3n) is 2.26. The van der Waals surface area contributed by atoms with E-state index in [-0.39, 0.29) is 0 Å². The van der Waals surface area contributed by atoms with Gasteiger partial charge in [-0.25, -0.2) is 4.98 Å². The highest BCUT2D eigenvalue weighted by atomic mass is 33.1. The monoisotopic (exact) mass is 215 g/mol. The standard InChI is InChI=1S/C8H13N3S2/c12-13-5-6-4-10-8(11-6)7-2-1-3-9-7/h4,7,9,12H,1-3,5H2,(H,10,11). The van der Waals surface area contributed by atoms with E-state index < -0.39 is 0 Å². The molecule has 0 radical (unpaired) electrons. The highest BCUT2D eigenvalue weighted by Crippen LogP contribution is 2.21. The van der Waals surface area contributed by atoms with Crippen molar-refractivity contribution in [1.29, 1.82) is 0 Å². The number of nitrogens with zero attached hydrogens (tertiary/aromatic N) is 1. The average Bonchev–Trinajstić information content (AvgIpc) is 2.70. The molecule has 1 aromatic rings. The maximum absolute atomic E-state index is 4.35. The SMILES string of the molecule is SSCc1cnc(C2CCCN2)[nH]1. The fourth-order valence-corrected chi connectivity index (χ4v) is 2.32. The van der Waals surface area contributed by atoms with Gasteiger partial charge in [-0.1, -0.05) is 10.8 Å². The van der Waals surface area contributed by atoms with Gasteiger partial charge in [-0.2, -0.15) is 0 Å². The quantitative estimate of drug-likeness (QED) is 0.533. The Bertz CT molecular complexity index is 268. The Morgan fingerprint density at radius 1 is 1.69 bits per heavy atom. The molecule has 72 valence electrons. The number of imidazole rings is 1. The van der Waals surface area contributed by atoms with E-state index in [0.717, 1.165) is 23.8 Å². The molecular weight excluding hydrogens is 202 g/mol. The van der Waals surface area contributed by atoms with Crippen LogP contribution in [0.15, 0.2) is 6.20 Å². The van der Waals surface area contributed by atoms with Crippen LogP contribution in [-0.4, -0.2) is 16.5 Å².